The molecule has 1 aromatic rings. The monoisotopic (exact) mass is 248 g/mol. The largest absolute Gasteiger partial charge is 0.323 e. The average molecular weight is 248 g/mol. The lowest BCUT2D eigenvalue weighted by Crippen LogP contribution is -2.09. The highest BCUT2D eigenvalue weighted by Crippen LogP contribution is 2.36. The van der Waals surface area contributed by atoms with Crippen molar-refractivity contribution >= 4 is 33.8 Å². The number of hydrogen-bond acceptors (Lipinski definition) is 5. The van der Waals surface area contributed by atoms with Crippen LogP contribution >= 0.6 is 11.3 Å². The molecule has 2 N–H and O–H groups in total. The van der Waals surface area contributed by atoms with E-state index >= 15 is 0 Å². The minimum atomic E-state index is -0.384. The standard InChI is InChI=1S/C10H8N4O2S/c1-5(15)13-9-7(3-11)10(14-6(2)16)17-8(9)4-12/h1-2H3,(H,13,15)(H,14,16). The molecule has 0 spiro atoms. The van der Waals surface area contributed by atoms with Crippen LogP contribution in [0.3, 0.4) is 0 Å². The Kier molecular flexibility index (Phi) is 3.81. The molecular weight excluding hydrogens is 240 g/mol. The first-order chi connectivity index (χ1) is 7.99. The molecule has 0 aromatic carbocycles. The van der Waals surface area contributed by atoms with E-state index in [4.69, 9.17) is 10.5 Å². The van der Waals surface area contributed by atoms with Crippen LogP contribution in [-0.4, -0.2) is 11.8 Å². The minimum absolute atomic E-state index is 0.0944. The van der Waals surface area contributed by atoms with Gasteiger partial charge in [-0.25, -0.2) is 0 Å². The maximum Gasteiger partial charge on any atom is 0.221 e. The normalized spacial score (nSPS) is 8.94. The summed E-state index contributed by atoms with van der Waals surface area (Å²) >= 11 is 0.951. The smallest absolute Gasteiger partial charge is 0.221 e. The van der Waals surface area contributed by atoms with Crippen molar-refractivity contribution in [3.05, 3.63) is 10.4 Å². The van der Waals surface area contributed by atoms with Gasteiger partial charge in [0.05, 0.1) is 5.69 Å². The summed E-state index contributed by atoms with van der Waals surface area (Å²) in [5, 5.41) is 23.0. The third kappa shape index (κ3) is 2.80. The fourth-order valence-electron chi connectivity index (χ4n) is 1.16. The Labute approximate surface area is 101 Å². The first kappa shape index (κ1) is 12.7. The number of carbonyl (C=O) groups excluding carboxylic acids is 2. The summed E-state index contributed by atoms with van der Waals surface area (Å²) in [5.41, 5.74) is 0.244. The van der Waals surface area contributed by atoms with E-state index in [9.17, 15) is 9.59 Å². The van der Waals surface area contributed by atoms with Gasteiger partial charge in [-0.2, -0.15) is 10.5 Å². The average Bonchev–Trinajstić information content (AvgIpc) is 2.53. The first-order valence-corrected chi connectivity index (χ1v) is 5.33. The van der Waals surface area contributed by atoms with E-state index in [2.05, 4.69) is 10.6 Å². The predicted molar refractivity (Wildman–Crippen MR) is 62.4 cm³/mol. The van der Waals surface area contributed by atoms with E-state index in [1.165, 1.54) is 13.8 Å². The van der Waals surface area contributed by atoms with E-state index < -0.39 is 0 Å². The number of rotatable bonds is 2. The van der Waals surface area contributed by atoms with Gasteiger partial charge in [0.15, 0.2) is 0 Å². The topological polar surface area (TPSA) is 106 Å². The predicted octanol–water partition coefficient (Wildman–Crippen LogP) is 1.41. The molecule has 0 radical (unpaired) electrons. The molecule has 86 valence electrons. The summed E-state index contributed by atoms with van der Waals surface area (Å²) in [6.45, 7) is 2.57. The number of nitrogens with one attached hydrogen (secondary N) is 2. The highest BCUT2D eigenvalue weighted by molar-refractivity contribution is 7.17. The van der Waals surface area contributed by atoms with Gasteiger partial charge in [-0.05, 0) is 0 Å². The summed E-state index contributed by atoms with van der Waals surface area (Å²) < 4.78 is 0. The van der Waals surface area contributed by atoms with Gasteiger partial charge in [0.25, 0.3) is 0 Å². The van der Waals surface area contributed by atoms with Gasteiger partial charge in [-0.15, -0.1) is 11.3 Å². The molecule has 0 saturated carbocycles. The number of nitriles is 2. The second-order valence-electron chi connectivity index (χ2n) is 3.10. The SMILES string of the molecule is CC(=O)Nc1sc(C#N)c(NC(C)=O)c1C#N. The van der Waals surface area contributed by atoms with Crippen molar-refractivity contribution in [3.63, 3.8) is 0 Å². The molecule has 0 aliphatic heterocycles. The van der Waals surface area contributed by atoms with Gasteiger partial charge >= 0.3 is 0 Å². The van der Waals surface area contributed by atoms with Gasteiger partial charge in [0, 0.05) is 13.8 Å². The van der Waals surface area contributed by atoms with E-state index in [0.717, 1.165) is 11.3 Å². The third-order valence-corrected chi connectivity index (χ3v) is 2.72. The van der Waals surface area contributed by atoms with Crippen LogP contribution in [0.15, 0.2) is 0 Å². The van der Waals surface area contributed by atoms with Crippen molar-refractivity contribution in [3.8, 4) is 12.1 Å². The molecule has 0 aliphatic rings. The molecule has 6 nitrogen and oxygen atoms in total. The summed E-state index contributed by atoms with van der Waals surface area (Å²) in [6.07, 6.45) is 0. The Morgan fingerprint density at radius 3 is 2.12 bits per heavy atom. The fraction of sp³-hybridized carbons (Fsp3) is 0.200. The van der Waals surface area contributed by atoms with Crippen LogP contribution in [0.4, 0.5) is 10.7 Å². The maximum absolute atomic E-state index is 11.0. The fourth-order valence-corrected chi connectivity index (χ4v) is 2.11. The second kappa shape index (κ2) is 5.10. The summed E-state index contributed by atoms with van der Waals surface area (Å²) in [4.78, 5) is 22.1. The number of anilines is 2. The third-order valence-electron chi connectivity index (χ3n) is 1.71. The molecule has 2 amide bonds. The molecule has 0 atom stereocenters. The number of thiophene rings is 1. The molecule has 17 heavy (non-hydrogen) atoms. The Morgan fingerprint density at radius 2 is 1.71 bits per heavy atom. The van der Waals surface area contributed by atoms with Crippen LogP contribution < -0.4 is 10.6 Å². The van der Waals surface area contributed by atoms with Crippen LogP contribution in [0.1, 0.15) is 24.3 Å². The zero-order valence-corrected chi connectivity index (χ0v) is 9.94. The Bertz CT molecular complexity index is 562. The molecule has 7 heteroatoms. The molecule has 0 fully saturated rings. The van der Waals surface area contributed by atoms with Crippen molar-refractivity contribution in [2.45, 2.75) is 13.8 Å². The van der Waals surface area contributed by atoms with Gasteiger partial charge in [-0.3, -0.25) is 9.59 Å². The molecular formula is C10H8N4O2S. The molecule has 0 aliphatic carbocycles. The van der Waals surface area contributed by atoms with E-state index in [1.54, 1.807) is 0 Å². The lowest BCUT2D eigenvalue weighted by molar-refractivity contribution is -0.115. The Morgan fingerprint density at radius 1 is 1.12 bits per heavy atom. The van der Waals surface area contributed by atoms with Gasteiger partial charge in [-0.1, -0.05) is 0 Å². The summed E-state index contributed by atoms with van der Waals surface area (Å²) in [6, 6.07) is 3.73. The van der Waals surface area contributed by atoms with Crippen molar-refractivity contribution < 1.29 is 9.59 Å². The van der Waals surface area contributed by atoms with Gasteiger partial charge < -0.3 is 10.6 Å². The number of carbonyl (C=O) groups is 2. The summed E-state index contributed by atoms with van der Waals surface area (Å²) in [7, 11) is 0. The Hall–Kier alpha value is -2.38. The van der Waals surface area contributed by atoms with Crippen LogP contribution in [0.2, 0.25) is 0 Å². The van der Waals surface area contributed by atoms with E-state index in [1.807, 2.05) is 12.1 Å². The Balaban J connectivity index is 3.32. The number of amides is 2. The van der Waals surface area contributed by atoms with E-state index in [-0.39, 0.29) is 32.9 Å². The highest BCUT2D eigenvalue weighted by Gasteiger charge is 2.19. The van der Waals surface area contributed by atoms with Crippen LogP contribution in [-0.2, 0) is 9.59 Å². The molecule has 1 aromatic heterocycles. The van der Waals surface area contributed by atoms with Crippen molar-refractivity contribution in [1.29, 1.82) is 10.5 Å². The molecule has 0 bridgehead atoms. The maximum atomic E-state index is 11.0. The lowest BCUT2D eigenvalue weighted by atomic mass is 10.2. The minimum Gasteiger partial charge on any atom is -0.323 e. The van der Waals surface area contributed by atoms with E-state index in [0.29, 0.717) is 0 Å². The number of hydrogen-bond donors (Lipinski definition) is 2. The van der Waals surface area contributed by atoms with Gasteiger partial charge in [0.2, 0.25) is 11.8 Å². The molecule has 1 heterocycles. The zero-order chi connectivity index (χ0) is 13.0. The molecule has 1 rings (SSSR count). The first-order valence-electron chi connectivity index (χ1n) is 4.51. The van der Waals surface area contributed by atoms with Crippen LogP contribution in [0, 0.1) is 22.7 Å². The van der Waals surface area contributed by atoms with Crippen molar-refractivity contribution in [2.75, 3.05) is 10.6 Å². The number of nitrogens with zero attached hydrogens (tertiary/aromatic N) is 2. The summed E-state index contributed by atoms with van der Waals surface area (Å²) in [5.74, 6) is -0.730. The van der Waals surface area contributed by atoms with Crippen molar-refractivity contribution in [1.82, 2.24) is 0 Å². The van der Waals surface area contributed by atoms with Crippen LogP contribution in [0.25, 0.3) is 0 Å². The second-order valence-corrected chi connectivity index (χ2v) is 4.12. The lowest BCUT2D eigenvalue weighted by Gasteiger charge is -2.00. The quantitative estimate of drug-likeness (QED) is 0.825. The molecule has 0 unspecified atom stereocenters. The van der Waals surface area contributed by atoms with Crippen molar-refractivity contribution in [2.24, 2.45) is 0 Å². The van der Waals surface area contributed by atoms with Gasteiger partial charge in [0.1, 0.15) is 27.6 Å². The zero-order valence-electron chi connectivity index (χ0n) is 9.12. The highest BCUT2D eigenvalue weighted by atomic mass is 32.1. The van der Waals surface area contributed by atoms with Crippen LogP contribution in [0.5, 0.6) is 0 Å². The molecule has 0 saturated heterocycles.